The summed E-state index contributed by atoms with van der Waals surface area (Å²) in [5.74, 6) is 0.283. The van der Waals surface area contributed by atoms with Crippen LogP contribution in [-0.2, 0) is 16.0 Å². The van der Waals surface area contributed by atoms with E-state index in [0.29, 0.717) is 24.3 Å². The van der Waals surface area contributed by atoms with Crippen molar-refractivity contribution in [2.45, 2.75) is 31.7 Å². The van der Waals surface area contributed by atoms with Crippen molar-refractivity contribution in [2.75, 3.05) is 37.0 Å². The number of likely N-dealkylation sites (tertiary alicyclic amines) is 1. The van der Waals surface area contributed by atoms with Crippen molar-refractivity contribution in [1.82, 2.24) is 10.2 Å². The smallest absolute Gasteiger partial charge is 0.319 e. The molecule has 1 saturated heterocycles. The van der Waals surface area contributed by atoms with Crippen molar-refractivity contribution < 1.29 is 19.1 Å². The van der Waals surface area contributed by atoms with E-state index in [4.69, 9.17) is 4.74 Å². The Morgan fingerprint density at radius 2 is 1.88 bits per heavy atom. The highest BCUT2D eigenvalue weighted by molar-refractivity contribution is 6.04. The third-order valence-corrected chi connectivity index (χ3v) is 5.93. The van der Waals surface area contributed by atoms with Crippen molar-refractivity contribution in [3.63, 3.8) is 0 Å². The molecule has 0 unspecified atom stereocenters. The molecule has 0 aliphatic carbocycles. The molecule has 2 heterocycles. The van der Waals surface area contributed by atoms with Gasteiger partial charge in [-0.05, 0) is 49.4 Å². The molecule has 2 aliphatic heterocycles. The zero-order valence-corrected chi connectivity index (χ0v) is 18.2. The largest absolute Gasteiger partial charge is 0.497 e. The maximum Gasteiger partial charge on any atom is 0.319 e. The number of nitrogens with one attached hydrogen (secondary N) is 2. The van der Waals surface area contributed by atoms with Crippen LogP contribution in [0.25, 0.3) is 0 Å². The lowest BCUT2D eigenvalue weighted by Gasteiger charge is -2.27. The van der Waals surface area contributed by atoms with E-state index in [1.165, 1.54) is 4.90 Å². The average molecular weight is 437 g/mol. The van der Waals surface area contributed by atoms with Crippen LogP contribution in [0.5, 0.6) is 5.75 Å². The zero-order valence-electron chi connectivity index (χ0n) is 18.2. The molecule has 0 radical (unpaired) electrons. The summed E-state index contributed by atoms with van der Waals surface area (Å²) in [7, 11) is 1.55. The van der Waals surface area contributed by atoms with Gasteiger partial charge in [-0.15, -0.1) is 0 Å². The fourth-order valence-corrected chi connectivity index (χ4v) is 4.24. The Morgan fingerprint density at radius 1 is 1.09 bits per heavy atom. The van der Waals surface area contributed by atoms with E-state index in [-0.39, 0.29) is 18.4 Å². The lowest BCUT2D eigenvalue weighted by molar-refractivity contribution is -0.130. The van der Waals surface area contributed by atoms with Gasteiger partial charge in [-0.2, -0.15) is 0 Å². The van der Waals surface area contributed by atoms with Crippen LogP contribution >= 0.6 is 0 Å². The Morgan fingerprint density at radius 3 is 2.66 bits per heavy atom. The lowest BCUT2D eigenvalue weighted by Crippen LogP contribution is -2.51. The molecule has 0 spiro atoms. The molecule has 8 nitrogen and oxygen atoms in total. The van der Waals surface area contributed by atoms with Crippen LogP contribution in [0.4, 0.5) is 16.2 Å². The van der Waals surface area contributed by atoms with Crippen LogP contribution in [0.2, 0.25) is 0 Å². The molecule has 32 heavy (non-hydrogen) atoms. The van der Waals surface area contributed by atoms with E-state index < -0.39 is 12.1 Å². The summed E-state index contributed by atoms with van der Waals surface area (Å²) in [6.07, 6.45) is 3.06. The molecule has 4 amide bonds. The lowest BCUT2D eigenvalue weighted by atomic mass is 10.1. The molecular weight excluding hydrogens is 408 g/mol. The maximum atomic E-state index is 13.4. The van der Waals surface area contributed by atoms with Crippen molar-refractivity contribution in [3.05, 3.63) is 54.1 Å². The monoisotopic (exact) mass is 436 g/mol. The first-order chi connectivity index (χ1) is 15.5. The minimum Gasteiger partial charge on any atom is -0.497 e. The van der Waals surface area contributed by atoms with Crippen LogP contribution in [0, 0.1) is 0 Å². The molecule has 2 aromatic rings. The summed E-state index contributed by atoms with van der Waals surface area (Å²) >= 11 is 0. The van der Waals surface area contributed by atoms with Crippen LogP contribution in [0.1, 0.15) is 24.8 Å². The molecule has 4 rings (SSSR count). The minimum absolute atomic E-state index is 0.0223. The highest BCUT2D eigenvalue weighted by Gasteiger charge is 2.33. The third kappa shape index (κ3) is 4.85. The Kier molecular flexibility index (Phi) is 6.58. The van der Waals surface area contributed by atoms with E-state index in [9.17, 15) is 14.4 Å². The van der Waals surface area contributed by atoms with Gasteiger partial charge in [0.05, 0.1) is 7.11 Å². The van der Waals surface area contributed by atoms with Crippen molar-refractivity contribution in [1.29, 1.82) is 0 Å². The highest BCUT2D eigenvalue weighted by atomic mass is 16.5. The van der Waals surface area contributed by atoms with E-state index in [1.807, 2.05) is 24.3 Å². The predicted octanol–water partition coefficient (Wildman–Crippen LogP) is 2.79. The summed E-state index contributed by atoms with van der Waals surface area (Å²) < 4.78 is 5.18. The van der Waals surface area contributed by atoms with Gasteiger partial charge in [-0.1, -0.05) is 24.3 Å². The van der Waals surface area contributed by atoms with Gasteiger partial charge >= 0.3 is 6.03 Å². The quantitative estimate of drug-likeness (QED) is 0.754. The fraction of sp³-hybridized carbons (Fsp3) is 0.375. The van der Waals surface area contributed by atoms with Crippen LogP contribution in [0.3, 0.4) is 0 Å². The number of urea groups is 1. The zero-order chi connectivity index (χ0) is 22.5. The Hall–Kier alpha value is -3.55. The van der Waals surface area contributed by atoms with E-state index in [0.717, 1.165) is 37.2 Å². The first kappa shape index (κ1) is 21.7. The number of ether oxygens (including phenoxy) is 1. The summed E-state index contributed by atoms with van der Waals surface area (Å²) in [6, 6.07) is 13.4. The number of aryl methyl sites for hydroxylation is 1. The molecular formula is C24H28N4O4. The molecule has 0 saturated carbocycles. The first-order valence-corrected chi connectivity index (χ1v) is 10.9. The number of carbonyl (C=O) groups is 3. The van der Waals surface area contributed by atoms with Gasteiger partial charge in [0.25, 0.3) is 0 Å². The van der Waals surface area contributed by atoms with E-state index >= 15 is 0 Å². The molecule has 2 N–H and O–H groups in total. The number of amides is 4. The van der Waals surface area contributed by atoms with E-state index in [2.05, 4.69) is 10.6 Å². The molecule has 0 bridgehead atoms. The molecule has 168 valence electrons. The second-order valence-electron chi connectivity index (χ2n) is 8.06. The number of hydrogen-bond acceptors (Lipinski definition) is 4. The van der Waals surface area contributed by atoms with Crippen LogP contribution < -0.4 is 20.3 Å². The second-order valence-corrected chi connectivity index (χ2v) is 8.06. The van der Waals surface area contributed by atoms with Gasteiger partial charge in [-0.3, -0.25) is 9.59 Å². The van der Waals surface area contributed by atoms with Crippen molar-refractivity contribution in [3.8, 4) is 5.75 Å². The number of para-hydroxylation sites is 1. The number of anilines is 2. The highest BCUT2D eigenvalue weighted by Crippen LogP contribution is 2.27. The van der Waals surface area contributed by atoms with Gasteiger partial charge in [0, 0.05) is 30.5 Å². The summed E-state index contributed by atoms with van der Waals surface area (Å²) in [5, 5.41) is 5.55. The normalized spacial score (nSPS) is 18.0. The molecule has 2 aromatic carbocycles. The fourth-order valence-electron chi connectivity index (χ4n) is 4.24. The van der Waals surface area contributed by atoms with Gasteiger partial charge in [0.15, 0.2) is 0 Å². The summed E-state index contributed by atoms with van der Waals surface area (Å²) in [5.41, 5.74) is 2.29. The van der Waals surface area contributed by atoms with Gasteiger partial charge in [0.1, 0.15) is 18.3 Å². The number of rotatable bonds is 5. The number of fused-ring (bicyclic) bond motifs is 1. The number of carbonyl (C=O) groups excluding carboxylic acids is 3. The standard InChI is InChI=1S/C24H28N4O4/c1-32-19-9-6-8-18(15-19)25-24(31)26-20-12-11-17-7-2-3-10-21(17)28(23(20)30)16-22(29)27-13-4-5-14-27/h2-3,6-10,15,20H,4-5,11-14,16H2,1H3,(H2,25,26,31)/t20-/m1/s1. The second kappa shape index (κ2) is 9.72. The predicted molar refractivity (Wildman–Crippen MR) is 122 cm³/mol. The Balaban J connectivity index is 1.50. The minimum atomic E-state index is -0.737. The number of hydrogen-bond donors (Lipinski definition) is 2. The van der Waals surface area contributed by atoms with Crippen LogP contribution in [0.15, 0.2) is 48.5 Å². The Bertz CT molecular complexity index is 1000. The Labute approximate surface area is 187 Å². The van der Waals surface area contributed by atoms with Crippen molar-refractivity contribution >= 4 is 29.2 Å². The third-order valence-electron chi connectivity index (χ3n) is 5.93. The maximum absolute atomic E-state index is 13.4. The molecule has 1 atom stereocenters. The number of nitrogens with zero attached hydrogens (tertiary/aromatic N) is 2. The number of methoxy groups -OCH3 is 1. The number of benzene rings is 2. The molecule has 0 aromatic heterocycles. The molecule has 2 aliphatic rings. The first-order valence-electron chi connectivity index (χ1n) is 10.9. The van der Waals surface area contributed by atoms with Gasteiger partial charge < -0.3 is 25.2 Å². The van der Waals surface area contributed by atoms with Crippen molar-refractivity contribution in [2.24, 2.45) is 0 Å². The summed E-state index contributed by atoms with van der Waals surface area (Å²) in [4.78, 5) is 42.2. The SMILES string of the molecule is COc1cccc(NC(=O)N[C@@H]2CCc3ccccc3N(CC(=O)N3CCCC3)C2=O)c1. The average Bonchev–Trinajstić information content (AvgIpc) is 3.31. The van der Waals surface area contributed by atoms with E-state index in [1.54, 1.807) is 36.3 Å². The van der Waals surface area contributed by atoms with Gasteiger partial charge in [0.2, 0.25) is 11.8 Å². The molecule has 8 heteroatoms. The van der Waals surface area contributed by atoms with Gasteiger partial charge in [-0.25, -0.2) is 4.79 Å². The molecule has 1 fully saturated rings. The summed E-state index contributed by atoms with van der Waals surface area (Å²) in [6.45, 7) is 1.44. The topological polar surface area (TPSA) is 91.0 Å². The van der Waals surface area contributed by atoms with Crippen LogP contribution in [-0.4, -0.2) is 55.5 Å².